The Kier molecular flexibility index (Phi) is 4.74. The molecule has 1 amide bonds. The lowest BCUT2D eigenvalue weighted by atomic mass is 10.1. The van der Waals surface area contributed by atoms with Crippen LogP contribution in [-0.2, 0) is 11.3 Å². The maximum atomic E-state index is 11.9. The van der Waals surface area contributed by atoms with Crippen LogP contribution in [0.1, 0.15) is 11.3 Å². The molecule has 0 saturated carbocycles. The fourth-order valence-corrected chi connectivity index (χ4v) is 1.77. The van der Waals surface area contributed by atoms with Gasteiger partial charge in [0.25, 0.3) is 5.91 Å². The van der Waals surface area contributed by atoms with E-state index in [4.69, 9.17) is 9.68 Å². The number of aromatic hydroxyl groups is 1. The zero-order chi connectivity index (χ0) is 16.8. The molecule has 116 valence electrons. The number of hydrogen-bond acceptors (Lipinski definition) is 6. The summed E-state index contributed by atoms with van der Waals surface area (Å²) >= 11 is 0. The fraction of sp³-hybridized carbons (Fsp3) is 0.0667. The average Bonchev–Trinajstić information content (AvgIpc) is 3.04. The number of nitro benzene ring substituents is 1. The van der Waals surface area contributed by atoms with Gasteiger partial charge in [0, 0.05) is 6.07 Å². The number of rotatable bonds is 5. The van der Waals surface area contributed by atoms with Crippen molar-refractivity contribution < 1.29 is 19.2 Å². The Labute approximate surface area is 130 Å². The van der Waals surface area contributed by atoms with Crippen LogP contribution in [0.15, 0.2) is 46.6 Å². The van der Waals surface area contributed by atoms with E-state index in [1.165, 1.54) is 18.4 Å². The largest absolute Gasteiger partial charge is 0.502 e. The highest BCUT2D eigenvalue weighted by Crippen LogP contribution is 2.27. The standard InChI is InChI=1S/C15H11N3O5/c16-8-11(15(20)17-9-12-2-1-5-23-12)6-10-3-4-14(19)13(7-10)18(21)22/h1-7,19H,9H2,(H,17,20). The lowest BCUT2D eigenvalue weighted by Crippen LogP contribution is -2.23. The predicted octanol–water partition coefficient (Wildman–Crippen LogP) is 2.12. The smallest absolute Gasteiger partial charge is 0.311 e. The van der Waals surface area contributed by atoms with Gasteiger partial charge in [0.05, 0.1) is 17.7 Å². The minimum Gasteiger partial charge on any atom is -0.502 e. The molecule has 2 rings (SSSR count). The van der Waals surface area contributed by atoms with E-state index < -0.39 is 22.3 Å². The highest BCUT2D eigenvalue weighted by Gasteiger charge is 2.15. The molecule has 2 N–H and O–H groups in total. The lowest BCUT2D eigenvalue weighted by molar-refractivity contribution is -0.385. The number of furan rings is 1. The van der Waals surface area contributed by atoms with Gasteiger partial charge >= 0.3 is 5.69 Å². The third kappa shape index (κ3) is 3.95. The molecule has 0 spiro atoms. The molecule has 0 bridgehead atoms. The predicted molar refractivity (Wildman–Crippen MR) is 78.9 cm³/mol. The number of carbonyl (C=O) groups is 1. The molecule has 1 aromatic heterocycles. The molecule has 8 heteroatoms. The molecule has 8 nitrogen and oxygen atoms in total. The van der Waals surface area contributed by atoms with Crippen LogP contribution in [-0.4, -0.2) is 15.9 Å². The van der Waals surface area contributed by atoms with Crippen LogP contribution in [0, 0.1) is 21.4 Å². The molecule has 0 aliphatic rings. The molecule has 23 heavy (non-hydrogen) atoms. The summed E-state index contributed by atoms with van der Waals surface area (Å²) < 4.78 is 5.05. The van der Waals surface area contributed by atoms with Gasteiger partial charge in [0.15, 0.2) is 5.75 Å². The monoisotopic (exact) mass is 313 g/mol. The highest BCUT2D eigenvalue weighted by molar-refractivity contribution is 6.01. The van der Waals surface area contributed by atoms with Gasteiger partial charge in [0.2, 0.25) is 0 Å². The van der Waals surface area contributed by atoms with Crippen molar-refractivity contribution in [3.8, 4) is 11.8 Å². The van der Waals surface area contributed by atoms with Gasteiger partial charge in [0.1, 0.15) is 17.4 Å². The zero-order valence-corrected chi connectivity index (χ0v) is 11.7. The SMILES string of the molecule is N#CC(=Cc1ccc(O)c([N+](=O)[O-])c1)C(=O)NCc1ccco1. The van der Waals surface area contributed by atoms with Gasteiger partial charge in [-0.3, -0.25) is 14.9 Å². The first-order valence-corrected chi connectivity index (χ1v) is 6.41. The third-order valence-corrected chi connectivity index (χ3v) is 2.88. The van der Waals surface area contributed by atoms with Crippen molar-refractivity contribution in [3.05, 3.63) is 63.6 Å². The first kappa shape index (κ1) is 15.8. The van der Waals surface area contributed by atoms with Gasteiger partial charge < -0.3 is 14.8 Å². The maximum absolute atomic E-state index is 11.9. The third-order valence-electron chi connectivity index (χ3n) is 2.88. The summed E-state index contributed by atoms with van der Waals surface area (Å²) in [6, 6.07) is 8.62. The molecular formula is C15H11N3O5. The topological polar surface area (TPSA) is 129 Å². The van der Waals surface area contributed by atoms with Crippen molar-refractivity contribution in [2.45, 2.75) is 6.54 Å². The van der Waals surface area contributed by atoms with Crippen LogP contribution in [0.5, 0.6) is 5.75 Å². The Morgan fingerprint density at radius 3 is 2.87 bits per heavy atom. The summed E-state index contributed by atoms with van der Waals surface area (Å²) in [4.78, 5) is 21.9. The summed E-state index contributed by atoms with van der Waals surface area (Å²) in [6.07, 6.45) is 2.65. The van der Waals surface area contributed by atoms with E-state index in [0.717, 1.165) is 12.1 Å². The van der Waals surface area contributed by atoms with E-state index in [9.17, 15) is 20.0 Å². The Bertz CT molecular complexity index is 803. The molecule has 1 heterocycles. The lowest BCUT2D eigenvalue weighted by Gasteiger charge is -2.02. The number of carbonyl (C=O) groups excluding carboxylic acids is 1. The van der Waals surface area contributed by atoms with Crippen LogP contribution < -0.4 is 5.32 Å². The van der Waals surface area contributed by atoms with Crippen LogP contribution in [0.25, 0.3) is 6.08 Å². The van der Waals surface area contributed by atoms with Crippen molar-refractivity contribution in [1.82, 2.24) is 5.32 Å². The van der Waals surface area contributed by atoms with Crippen LogP contribution >= 0.6 is 0 Å². The summed E-state index contributed by atoms with van der Waals surface area (Å²) in [7, 11) is 0. The number of hydrogen-bond donors (Lipinski definition) is 2. The van der Waals surface area contributed by atoms with Gasteiger partial charge in [-0.1, -0.05) is 6.07 Å². The van der Waals surface area contributed by atoms with Crippen LogP contribution in [0.4, 0.5) is 5.69 Å². The van der Waals surface area contributed by atoms with Crippen molar-refractivity contribution >= 4 is 17.7 Å². The van der Waals surface area contributed by atoms with Crippen molar-refractivity contribution in [2.75, 3.05) is 0 Å². The number of nitrogens with one attached hydrogen (secondary N) is 1. The van der Waals surface area contributed by atoms with Gasteiger partial charge in [-0.15, -0.1) is 0 Å². The zero-order valence-electron chi connectivity index (χ0n) is 11.7. The molecule has 0 fully saturated rings. The molecule has 0 aliphatic carbocycles. The van der Waals surface area contributed by atoms with Crippen LogP contribution in [0.3, 0.4) is 0 Å². The number of nitriles is 1. The molecule has 0 radical (unpaired) electrons. The van der Waals surface area contributed by atoms with E-state index in [2.05, 4.69) is 5.32 Å². The molecule has 0 atom stereocenters. The van der Waals surface area contributed by atoms with E-state index in [-0.39, 0.29) is 17.7 Å². The summed E-state index contributed by atoms with van der Waals surface area (Å²) in [5.74, 6) is -0.608. The fourth-order valence-electron chi connectivity index (χ4n) is 1.77. The first-order chi connectivity index (χ1) is 11.0. The van der Waals surface area contributed by atoms with E-state index in [1.807, 2.05) is 0 Å². The Balaban J connectivity index is 2.18. The number of phenols is 1. The number of nitro groups is 1. The van der Waals surface area contributed by atoms with Crippen molar-refractivity contribution in [3.63, 3.8) is 0 Å². The number of nitrogens with zero attached hydrogens (tertiary/aromatic N) is 2. The van der Waals surface area contributed by atoms with Gasteiger partial charge in [-0.05, 0) is 29.8 Å². The van der Waals surface area contributed by atoms with E-state index in [1.54, 1.807) is 18.2 Å². The first-order valence-electron chi connectivity index (χ1n) is 6.41. The van der Waals surface area contributed by atoms with Gasteiger partial charge in [-0.2, -0.15) is 5.26 Å². The molecule has 0 aliphatic heterocycles. The summed E-state index contributed by atoms with van der Waals surface area (Å²) in [6.45, 7) is 0.112. The summed E-state index contributed by atoms with van der Waals surface area (Å²) in [5, 5.41) is 31.7. The molecular weight excluding hydrogens is 302 g/mol. The highest BCUT2D eigenvalue weighted by atomic mass is 16.6. The van der Waals surface area contributed by atoms with Crippen LogP contribution in [0.2, 0.25) is 0 Å². The molecule has 0 unspecified atom stereocenters. The normalized spacial score (nSPS) is 10.8. The Hall–Kier alpha value is -3.60. The second-order valence-electron chi connectivity index (χ2n) is 4.44. The second-order valence-corrected chi connectivity index (χ2v) is 4.44. The Morgan fingerprint density at radius 1 is 1.48 bits per heavy atom. The molecule has 1 aromatic carbocycles. The number of phenolic OH excluding ortho intramolecular Hbond substituents is 1. The molecule has 0 saturated heterocycles. The quantitative estimate of drug-likeness (QED) is 0.376. The minimum absolute atomic E-state index is 0.112. The summed E-state index contributed by atoms with van der Waals surface area (Å²) in [5.41, 5.74) is -0.484. The minimum atomic E-state index is -0.754. The second kappa shape index (κ2) is 6.91. The van der Waals surface area contributed by atoms with E-state index >= 15 is 0 Å². The number of benzene rings is 1. The van der Waals surface area contributed by atoms with Crippen molar-refractivity contribution in [2.24, 2.45) is 0 Å². The molecule has 2 aromatic rings. The number of amides is 1. The average molecular weight is 313 g/mol. The van der Waals surface area contributed by atoms with Crippen molar-refractivity contribution in [1.29, 1.82) is 5.26 Å². The maximum Gasteiger partial charge on any atom is 0.311 e. The van der Waals surface area contributed by atoms with Gasteiger partial charge in [-0.25, -0.2) is 0 Å². The van der Waals surface area contributed by atoms with E-state index in [0.29, 0.717) is 5.76 Å². The Morgan fingerprint density at radius 2 is 2.26 bits per heavy atom.